The van der Waals surface area contributed by atoms with E-state index in [9.17, 15) is 20.2 Å². The first kappa shape index (κ1) is 21.9. The molecule has 0 saturated carbocycles. The predicted molar refractivity (Wildman–Crippen MR) is 105 cm³/mol. The minimum Gasteiger partial charge on any atom is -0.461 e. The van der Waals surface area contributed by atoms with Crippen LogP contribution in [0.5, 0.6) is 0 Å². The maximum atomic E-state index is 12.9. The number of likely N-dealkylation sites (N-methyl/N-ethyl adjacent to an activating group) is 1. The van der Waals surface area contributed by atoms with Crippen LogP contribution in [-0.2, 0) is 21.0 Å². The molecule has 1 N–H and O–H groups in total. The summed E-state index contributed by atoms with van der Waals surface area (Å²) in [4.78, 5) is 29.7. The van der Waals surface area contributed by atoms with Crippen LogP contribution < -0.4 is 5.32 Å². The minimum absolute atomic E-state index is 0.219. The molecular formula is C20H24N4O5. The molecule has 0 radical (unpaired) electrons. The highest BCUT2D eigenvalue weighted by molar-refractivity contribution is 5.93. The molecule has 1 aromatic rings. The fourth-order valence-corrected chi connectivity index (χ4v) is 3.13. The molecule has 0 fully saturated rings. The zero-order chi connectivity index (χ0) is 21.6. The van der Waals surface area contributed by atoms with Gasteiger partial charge in [0.2, 0.25) is 0 Å². The number of rotatable bonds is 8. The van der Waals surface area contributed by atoms with E-state index in [-0.39, 0.29) is 13.2 Å². The number of nitriles is 1. The molecule has 2 rings (SSSR count). The third-order valence-electron chi connectivity index (χ3n) is 4.49. The topological polar surface area (TPSA) is 118 Å². The number of nitrogens with one attached hydrogen (secondary N) is 1. The first-order chi connectivity index (χ1) is 13.7. The minimum atomic E-state index is -0.862. The number of carbonyl (C=O) groups is 1. The quantitative estimate of drug-likeness (QED) is 0.401. The molecule has 1 unspecified atom stereocenters. The van der Waals surface area contributed by atoms with E-state index in [0.717, 1.165) is 0 Å². The highest BCUT2D eigenvalue weighted by Gasteiger charge is 2.34. The summed E-state index contributed by atoms with van der Waals surface area (Å²) in [5, 5.41) is 22.4. The van der Waals surface area contributed by atoms with E-state index in [4.69, 9.17) is 4.74 Å². The van der Waals surface area contributed by atoms with Crippen molar-refractivity contribution in [2.75, 3.05) is 27.2 Å². The van der Waals surface area contributed by atoms with Gasteiger partial charge in [-0.1, -0.05) is 24.3 Å². The second kappa shape index (κ2) is 9.71. The monoisotopic (exact) mass is 400 g/mol. The lowest BCUT2D eigenvalue weighted by Crippen LogP contribution is -2.30. The summed E-state index contributed by atoms with van der Waals surface area (Å²) >= 11 is 0. The van der Waals surface area contributed by atoms with Crippen molar-refractivity contribution in [1.29, 1.82) is 5.26 Å². The molecule has 1 heterocycles. The van der Waals surface area contributed by atoms with Crippen LogP contribution in [0.25, 0.3) is 0 Å². The van der Waals surface area contributed by atoms with Crippen molar-refractivity contribution in [3.05, 3.63) is 68.0 Å². The maximum Gasteiger partial charge on any atom is 0.336 e. The first-order valence-corrected chi connectivity index (χ1v) is 9.01. The van der Waals surface area contributed by atoms with Gasteiger partial charge in [-0.3, -0.25) is 0 Å². The average molecular weight is 400 g/mol. The van der Waals surface area contributed by atoms with Gasteiger partial charge in [0.15, 0.2) is 0 Å². The Hall–Kier alpha value is -3.38. The predicted octanol–water partition coefficient (Wildman–Crippen LogP) is 2.26. The van der Waals surface area contributed by atoms with Gasteiger partial charge in [0.1, 0.15) is 13.2 Å². The molecule has 9 nitrogen and oxygen atoms in total. The molecule has 0 spiro atoms. The van der Waals surface area contributed by atoms with Gasteiger partial charge in [-0.2, -0.15) is 5.26 Å². The van der Waals surface area contributed by atoms with Gasteiger partial charge in [0.05, 0.1) is 23.1 Å². The Morgan fingerprint density at radius 2 is 2.07 bits per heavy atom. The smallest absolute Gasteiger partial charge is 0.336 e. The van der Waals surface area contributed by atoms with Crippen LogP contribution in [0.2, 0.25) is 0 Å². The number of hydrogen-bond acceptors (Lipinski definition) is 8. The van der Waals surface area contributed by atoms with Gasteiger partial charge < -0.3 is 19.8 Å². The number of nitrogens with zero attached hydrogens (tertiary/aromatic N) is 3. The molecular weight excluding hydrogens is 376 g/mol. The van der Waals surface area contributed by atoms with Crippen LogP contribution in [0.3, 0.4) is 0 Å². The van der Waals surface area contributed by atoms with Crippen molar-refractivity contribution in [3.63, 3.8) is 0 Å². The Bertz CT molecular complexity index is 898. The first-order valence-electron chi connectivity index (χ1n) is 9.01. The zero-order valence-electron chi connectivity index (χ0n) is 16.9. The van der Waals surface area contributed by atoms with Crippen molar-refractivity contribution in [1.82, 2.24) is 10.2 Å². The Balaban J connectivity index is 2.41. The van der Waals surface area contributed by atoms with Crippen LogP contribution in [0.15, 0.2) is 46.8 Å². The van der Waals surface area contributed by atoms with Crippen LogP contribution in [0.1, 0.15) is 30.9 Å². The van der Waals surface area contributed by atoms with Crippen molar-refractivity contribution in [3.8, 4) is 6.07 Å². The van der Waals surface area contributed by atoms with Gasteiger partial charge in [-0.25, -0.2) is 4.79 Å². The Labute approximate surface area is 169 Å². The number of benzene rings is 1. The molecule has 1 atom stereocenters. The molecule has 1 aromatic carbocycles. The van der Waals surface area contributed by atoms with Crippen LogP contribution in [0, 0.1) is 21.4 Å². The van der Waals surface area contributed by atoms with Crippen molar-refractivity contribution < 1.29 is 19.5 Å². The highest BCUT2D eigenvalue weighted by atomic mass is 16.9. The van der Waals surface area contributed by atoms with E-state index < -0.39 is 17.0 Å². The standard InChI is InChI=1S/C20H24N4O5/c1-13-17(11-21)19(16-7-5-6-15(10-16)12-29-24(26)27)18(14(2)22-13)20(25)28-9-8-23(3)4/h5-7,10,19,22H,8-9,12H2,1-4H3. The van der Waals surface area contributed by atoms with Crippen LogP contribution in [-0.4, -0.2) is 43.2 Å². The van der Waals surface area contributed by atoms with E-state index in [1.165, 1.54) is 0 Å². The third-order valence-corrected chi connectivity index (χ3v) is 4.49. The van der Waals surface area contributed by atoms with Gasteiger partial charge in [0, 0.05) is 17.9 Å². The molecule has 0 amide bonds. The van der Waals surface area contributed by atoms with Gasteiger partial charge in [0.25, 0.3) is 5.09 Å². The summed E-state index contributed by atoms with van der Waals surface area (Å²) in [5.74, 6) is -1.14. The number of allylic oxidation sites excluding steroid dienone is 3. The lowest BCUT2D eigenvalue weighted by atomic mass is 9.80. The third kappa shape index (κ3) is 5.56. The average Bonchev–Trinajstić information content (AvgIpc) is 2.65. The van der Waals surface area contributed by atoms with Crippen LogP contribution >= 0.6 is 0 Å². The molecule has 0 bridgehead atoms. The SMILES string of the molecule is CC1=C(C#N)C(c2cccc(CO[N+](=O)[O-])c2)C(C(=O)OCCN(C)C)=C(C)N1. The van der Waals surface area contributed by atoms with Crippen LogP contribution in [0.4, 0.5) is 0 Å². The Kier molecular flexibility index (Phi) is 7.33. The lowest BCUT2D eigenvalue weighted by molar-refractivity contribution is -0.763. The number of dihydropyridines is 1. The maximum absolute atomic E-state index is 12.9. The summed E-state index contributed by atoms with van der Waals surface area (Å²) < 4.78 is 5.43. The number of hydrogen-bond donors (Lipinski definition) is 1. The molecule has 1 aliphatic heterocycles. The molecule has 1 aliphatic rings. The lowest BCUT2D eigenvalue weighted by Gasteiger charge is -2.29. The molecule has 0 aliphatic carbocycles. The van der Waals surface area contributed by atoms with E-state index in [0.29, 0.717) is 40.2 Å². The summed E-state index contributed by atoms with van der Waals surface area (Å²) in [6.45, 7) is 4.10. The summed E-state index contributed by atoms with van der Waals surface area (Å²) in [6.07, 6.45) is 0. The van der Waals surface area contributed by atoms with E-state index in [2.05, 4.69) is 16.2 Å². The van der Waals surface area contributed by atoms with E-state index in [1.807, 2.05) is 19.0 Å². The van der Waals surface area contributed by atoms with Crippen molar-refractivity contribution >= 4 is 5.97 Å². The van der Waals surface area contributed by atoms with Gasteiger partial charge in [-0.05, 0) is 39.1 Å². The van der Waals surface area contributed by atoms with Crippen molar-refractivity contribution in [2.24, 2.45) is 0 Å². The number of ether oxygens (including phenoxy) is 1. The highest BCUT2D eigenvalue weighted by Crippen LogP contribution is 2.38. The fraction of sp³-hybridized carbons (Fsp3) is 0.400. The second-order valence-corrected chi connectivity index (χ2v) is 6.93. The van der Waals surface area contributed by atoms with E-state index >= 15 is 0 Å². The summed E-state index contributed by atoms with van der Waals surface area (Å²) in [5.41, 5.74) is 3.21. The number of esters is 1. The molecule has 0 aromatic heterocycles. The van der Waals surface area contributed by atoms with Crippen molar-refractivity contribution in [2.45, 2.75) is 26.4 Å². The normalized spacial score (nSPS) is 16.3. The number of carbonyl (C=O) groups excluding carboxylic acids is 1. The molecule has 0 saturated heterocycles. The molecule has 154 valence electrons. The Morgan fingerprint density at radius 3 is 2.69 bits per heavy atom. The Morgan fingerprint density at radius 1 is 1.34 bits per heavy atom. The van der Waals surface area contributed by atoms with Gasteiger partial charge >= 0.3 is 5.97 Å². The summed E-state index contributed by atoms with van der Waals surface area (Å²) in [7, 11) is 3.75. The van der Waals surface area contributed by atoms with E-state index in [1.54, 1.807) is 38.1 Å². The summed E-state index contributed by atoms with van der Waals surface area (Å²) in [6, 6.07) is 9.05. The second-order valence-electron chi connectivity index (χ2n) is 6.93. The van der Waals surface area contributed by atoms with Gasteiger partial charge in [-0.15, -0.1) is 10.1 Å². The fourth-order valence-electron chi connectivity index (χ4n) is 3.13. The molecule has 9 heteroatoms. The largest absolute Gasteiger partial charge is 0.461 e. The molecule has 29 heavy (non-hydrogen) atoms. The zero-order valence-corrected chi connectivity index (χ0v) is 16.9.